The molecule has 22 heavy (non-hydrogen) atoms. The summed E-state index contributed by atoms with van der Waals surface area (Å²) in [6.07, 6.45) is 5.37. The molecule has 0 amide bonds. The lowest BCUT2D eigenvalue weighted by molar-refractivity contribution is 0.396. The minimum atomic E-state index is 0.514. The molecule has 2 aromatic rings. The highest BCUT2D eigenvalue weighted by atomic mass is 16.5. The van der Waals surface area contributed by atoms with Crippen molar-refractivity contribution in [3.63, 3.8) is 0 Å². The van der Waals surface area contributed by atoms with Gasteiger partial charge in [-0.2, -0.15) is 4.98 Å². The van der Waals surface area contributed by atoms with Gasteiger partial charge < -0.3 is 14.1 Å². The summed E-state index contributed by atoms with van der Waals surface area (Å²) in [5.41, 5.74) is 0. The number of anilines is 1. The fourth-order valence-corrected chi connectivity index (χ4v) is 2.90. The highest BCUT2D eigenvalue weighted by molar-refractivity contribution is 5.36. The Morgan fingerprint density at radius 1 is 1.32 bits per heavy atom. The third-order valence-corrected chi connectivity index (χ3v) is 4.55. The number of methoxy groups -OCH3 is 1. The second kappa shape index (κ2) is 5.30. The standard InChI is InChI=1S/C17H21N3O2/c1-11-9-14(11)15-6-5-13(22-15)10-20(12-3-4-12)17-18-8-7-16(19-17)21-2/h5-8,11-12,14H,3-4,9-10H2,1-2H3/t11-,14+/m1/s1. The van der Waals surface area contributed by atoms with Crippen molar-refractivity contribution in [2.24, 2.45) is 5.92 Å². The Morgan fingerprint density at radius 2 is 2.14 bits per heavy atom. The van der Waals surface area contributed by atoms with Gasteiger partial charge in [-0.1, -0.05) is 6.92 Å². The average molecular weight is 299 g/mol. The maximum absolute atomic E-state index is 6.04. The van der Waals surface area contributed by atoms with Gasteiger partial charge in [0.25, 0.3) is 0 Å². The van der Waals surface area contributed by atoms with E-state index in [1.165, 1.54) is 19.3 Å². The number of aromatic nitrogens is 2. The van der Waals surface area contributed by atoms with Crippen LogP contribution in [0, 0.1) is 5.92 Å². The molecule has 0 aliphatic heterocycles. The van der Waals surface area contributed by atoms with Crippen molar-refractivity contribution in [2.75, 3.05) is 12.0 Å². The van der Waals surface area contributed by atoms with E-state index in [4.69, 9.17) is 9.15 Å². The highest BCUT2D eigenvalue weighted by Crippen LogP contribution is 2.47. The summed E-state index contributed by atoms with van der Waals surface area (Å²) in [5, 5.41) is 0. The number of hydrogen-bond acceptors (Lipinski definition) is 5. The van der Waals surface area contributed by atoms with Crippen LogP contribution < -0.4 is 9.64 Å². The van der Waals surface area contributed by atoms with Gasteiger partial charge in [0.05, 0.1) is 13.7 Å². The van der Waals surface area contributed by atoms with Crippen LogP contribution in [0.3, 0.4) is 0 Å². The largest absolute Gasteiger partial charge is 0.481 e. The van der Waals surface area contributed by atoms with Crippen molar-refractivity contribution < 1.29 is 9.15 Å². The van der Waals surface area contributed by atoms with Gasteiger partial charge in [-0.05, 0) is 37.3 Å². The molecule has 2 heterocycles. The minimum absolute atomic E-state index is 0.514. The van der Waals surface area contributed by atoms with Crippen LogP contribution in [0.5, 0.6) is 5.88 Å². The fourth-order valence-electron chi connectivity index (χ4n) is 2.90. The van der Waals surface area contributed by atoms with Crippen LogP contribution in [0.1, 0.15) is 43.6 Å². The quantitative estimate of drug-likeness (QED) is 0.818. The zero-order valence-electron chi connectivity index (χ0n) is 13.0. The van der Waals surface area contributed by atoms with Crippen LogP contribution in [0.4, 0.5) is 5.95 Å². The molecule has 2 aliphatic rings. The Bertz CT molecular complexity index is 665. The van der Waals surface area contributed by atoms with Gasteiger partial charge in [-0.15, -0.1) is 0 Å². The number of furan rings is 1. The monoisotopic (exact) mass is 299 g/mol. The number of nitrogens with zero attached hydrogens (tertiary/aromatic N) is 3. The van der Waals surface area contributed by atoms with Crippen molar-refractivity contribution >= 4 is 5.95 Å². The summed E-state index contributed by atoms with van der Waals surface area (Å²) in [4.78, 5) is 11.1. The van der Waals surface area contributed by atoms with Crippen LogP contribution in [-0.4, -0.2) is 23.1 Å². The van der Waals surface area contributed by atoms with E-state index >= 15 is 0 Å². The van der Waals surface area contributed by atoms with Gasteiger partial charge in [0.2, 0.25) is 11.8 Å². The zero-order valence-corrected chi connectivity index (χ0v) is 13.0. The molecule has 5 nitrogen and oxygen atoms in total. The minimum Gasteiger partial charge on any atom is -0.481 e. The molecule has 0 spiro atoms. The molecule has 0 aromatic carbocycles. The van der Waals surface area contributed by atoms with E-state index in [9.17, 15) is 0 Å². The summed E-state index contributed by atoms with van der Waals surface area (Å²) in [6, 6.07) is 6.51. The molecule has 0 N–H and O–H groups in total. The maximum atomic E-state index is 6.04. The molecule has 2 fully saturated rings. The third kappa shape index (κ3) is 2.67. The molecule has 0 unspecified atom stereocenters. The van der Waals surface area contributed by atoms with E-state index in [0.717, 1.165) is 29.9 Å². The van der Waals surface area contributed by atoms with Gasteiger partial charge in [-0.25, -0.2) is 4.98 Å². The first-order valence-electron chi connectivity index (χ1n) is 7.97. The molecular weight excluding hydrogens is 278 g/mol. The van der Waals surface area contributed by atoms with Crippen molar-refractivity contribution in [3.8, 4) is 5.88 Å². The number of hydrogen-bond donors (Lipinski definition) is 0. The smallest absolute Gasteiger partial charge is 0.229 e. The SMILES string of the molecule is COc1ccnc(N(Cc2ccc([C@H]3C[C@H]3C)o2)C2CC2)n1. The Kier molecular flexibility index (Phi) is 3.28. The Labute approximate surface area is 130 Å². The van der Waals surface area contributed by atoms with Gasteiger partial charge in [0.15, 0.2) is 0 Å². The summed E-state index contributed by atoms with van der Waals surface area (Å²) >= 11 is 0. The van der Waals surface area contributed by atoms with Crippen LogP contribution >= 0.6 is 0 Å². The lowest BCUT2D eigenvalue weighted by Gasteiger charge is -2.21. The lowest BCUT2D eigenvalue weighted by Crippen LogP contribution is -2.26. The fraction of sp³-hybridized carbons (Fsp3) is 0.529. The van der Waals surface area contributed by atoms with E-state index < -0.39 is 0 Å². The molecule has 0 radical (unpaired) electrons. The van der Waals surface area contributed by atoms with E-state index in [2.05, 4.69) is 33.9 Å². The lowest BCUT2D eigenvalue weighted by atomic mass is 10.3. The van der Waals surface area contributed by atoms with E-state index in [0.29, 0.717) is 17.8 Å². The average Bonchev–Trinajstić information content (AvgIpc) is 3.46. The molecule has 2 aromatic heterocycles. The van der Waals surface area contributed by atoms with Gasteiger partial charge in [-0.3, -0.25) is 0 Å². The third-order valence-electron chi connectivity index (χ3n) is 4.55. The van der Waals surface area contributed by atoms with Crippen LogP contribution in [0.15, 0.2) is 28.8 Å². The topological polar surface area (TPSA) is 51.4 Å². The highest BCUT2D eigenvalue weighted by Gasteiger charge is 2.37. The predicted octanol–water partition coefficient (Wildman–Crippen LogP) is 3.37. The first-order valence-corrected chi connectivity index (χ1v) is 7.97. The van der Waals surface area contributed by atoms with E-state index in [-0.39, 0.29) is 0 Å². The van der Waals surface area contributed by atoms with Gasteiger partial charge >= 0.3 is 0 Å². The van der Waals surface area contributed by atoms with Gasteiger partial charge in [0.1, 0.15) is 11.5 Å². The summed E-state index contributed by atoms with van der Waals surface area (Å²) in [7, 11) is 1.63. The molecule has 2 atom stereocenters. The summed E-state index contributed by atoms with van der Waals surface area (Å²) < 4.78 is 11.2. The second-order valence-electron chi connectivity index (χ2n) is 6.38. The Hall–Kier alpha value is -2.04. The summed E-state index contributed by atoms with van der Waals surface area (Å²) in [6.45, 7) is 2.99. The van der Waals surface area contributed by atoms with Crippen LogP contribution in [0.2, 0.25) is 0 Å². The number of rotatable bonds is 6. The normalized spacial score (nSPS) is 23.4. The maximum Gasteiger partial charge on any atom is 0.229 e. The number of ether oxygens (including phenoxy) is 1. The molecule has 2 saturated carbocycles. The molecule has 2 aliphatic carbocycles. The second-order valence-corrected chi connectivity index (χ2v) is 6.38. The molecular formula is C17H21N3O2. The van der Waals surface area contributed by atoms with E-state index in [1.54, 1.807) is 19.4 Å². The summed E-state index contributed by atoms with van der Waals surface area (Å²) in [5.74, 6) is 4.83. The Balaban J connectivity index is 1.53. The van der Waals surface area contributed by atoms with Crippen LogP contribution in [0.25, 0.3) is 0 Å². The van der Waals surface area contributed by atoms with Crippen molar-refractivity contribution in [1.82, 2.24) is 9.97 Å². The zero-order chi connectivity index (χ0) is 15.1. The molecule has 0 bridgehead atoms. The molecule has 0 saturated heterocycles. The molecule has 4 rings (SSSR count). The first kappa shape index (κ1) is 13.6. The Morgan fingerprint density at radius 3 is 2.82 bits per heavy atom. The predicted molar refractivity (Wildman–Crippen MR) is 83.0 cm³/mol. The first-order chi connectivity index (χ1) is 10.7. The van der Waals surface area contributed by atoms with Crippen LogP contribution in [-0.2, 0) is 6.54 Å². The van der Waals surface area contributed by atoms with Crippen molar-refractivity contribution in [1.29, 1.82) is 0 Å². The van der Waals surface area contributed by atoms with E-state index in [1.807, 2.05) is 0 Å². The van der Waals surface area contributed by atoms with Crippen molar-refractivity contribution in [3.05, 3.63) is 35.9 Å². The molecule has 116 valence electrons. The van der Waals surface area contributed by atoms with Gasteiger partial charge in [0, 0.05) is 24.2 Å². The molecule has 5 heteroatoms. The van der Waals surface area contributed by atoms with Crippen molar-refractivity contribution in [2.45, 2.75) is 44.7 Å².